The van der Waals surface area contributed by atoms with E-state index in [0.717, 1.165) is 6.42 Å². The molecule has 2 saturated heterocycles. The highest BCUT2D eigenvalue weighted by Crippen LogP contribution is 2.38. The molecular formula is C17H23BFNO4. The van der Waals surface area contributed by atoms with Crippen LogP contribution in [0, 0.1) is 0 Å². The molecule has 1 aromatic heterocycles. The standard InChI is InChI=1S/C17H23BFNO4/c1-16(2)17(3,4)24-18(23-16)14(19)10-12-6-5-8-20(15(12)21)13-7-9-22-11-13/h5-6,8,10,13H,7,9,11H2,1-4H3. The fourth-order valence-corrected chi connectivity index (χ4v) is 2.84. The molecule has 0 bridgehead atoms. The van der Waals surface area contributed by atoms with Crippen molar-refractivity contribution in [3.05, 3.63) is 40.0 Å². The third kappa shape index (κ3) is 3.08. The number of nitrogens with zero attached hydrogens (tertiary/aromatic N) is 1. The molecule has 24 heavy (non-hydrogen) atoms. The molecule has 0 saturated carbocycles. The SMILES string of the molecule is CC1(C)OB(C(F)=Cc2cccn(C3CCOC3)c2=O)OC1(C)C. The van der Waals surface area contributed by atoms with E-state index in [1.807, 2.05) is 27.7 Å². The second kappa shape index (κ2) is 6.13. The van der Waals surface area contributed by atoms with Crippen molar-refractivity contribution in [1.82, 2.24) is 4.57 Å². The normalized spacial score (nSPS) is 26.1. The van der Waals surface area contributed by atoms with Crippen LogP contribution in [0.5, 0.6) is 0 Å². The first-order valence-corrected chi connectivity index (χ1v) is 8.23. The molecule has 2 aliphatic rings. The van der Waals surface area contributed by atoms with Gasteiger partial charge in [0.15, 0.2) is 0 Å². The van der Waals surface area contributed by atoms with E-state index in [-0.39, 0.29) is 17.2 Å². The van der Waals surface area contributed by atoms with Crippen LogP contribution in [0.1, 0.15) is 45.7 Å². The van der Waals surface area contributed by atoms with Crippen LogP contribution in [0.2, 0.25) is 0 Å². The summed E-state index contributed by atoms with van der Waals surface area (Å²) >= 11 is 0. The highest BCUT2D eigenvalue weighted by molar-refractivity contribution is 6.54. The molecule has 3 rings (SSSR count). The van der Waals surface area contributed by atoms with Crippen LogP contribution in [-0.4, -0.2) is 36.1 Å². The largest absolute Gasteiger partial charge is 0.525 e. The fourth-order valence-electron chi connectivity index (χ4n) is 2.84. The second-order valence-electron chi connectivity index (χ2n) is 7.31. The summed E-state index contributed by atoms with van der Waals surface area (Å²) in [4.78, 5) is 12.6. The zero-order valence-electron chi connectivity index (χ0n) is 14.5. The Balaban J connectivity index is 1.86. The van der Waals surface area contributed by atoms with Gasteiger partial charge in [-0.3, -0.25) is 4.79 Å². The van der Waals surface area contributed by atoms with Crippen molar-refractivity contribution in [2.24, 2.45) is 0 Å². The summed E-state index contributed by atoms with van der Waals surface area (Å²) in [7, 11) is -1.10. The average Bonchev–Trinajstić information content (AvgIpc) is 3.08. The first kappa shape index (κ1) is 17.4. The molecule has 0 aromatic carbocycles. The Hall–Kier alpha value is -1.44. The Kier molecular flexibility index (Phi) is 4.44. The van der Waals surface area contributed by atoms with Crippen molar-refractivity contribution in [3.63, 3.8) is 0 Å². The molecule has 1 atom stereocenters. The maximum atomic E-state index is 14.6. The van der Waals surface area contributed by atoms with Gasteiger partial charge in [0.1, 0.15) is 5.73 Å². The first-order chi connectivity index (χ1) is 11.2. The summed E-state index contributed by atoms with van der Waals surface area (Å²) in [6, 6.07) is 3.34. The van der Waals surface area contributed by atoms with Gasteiger partial charge < -0.3 is 18.6 Å². The van der Waals surface area contributed by atoms with Crippen molar-refractivity contribution in [2.75, 3.05) is 13.2 Å². The predicted octanol–water partition coefficient (Wildman–Crippen LogP) is 2.75. The number of aromatic nitrogens is 1. The molecule has 0 N–H and O–H groups in total. The Morgan fingerprint density at radius 3 is 2.58 bits per heavy atom. The van der Waals surface area contributed by atoms with Crippen LogP contribution in [0.3, 0.4) is 0 Å². The molecule has 1 unspecified atom stereocenters. The van der Waals surface area contributed by atoms with E-state index in [4.69, 9.17) is 14.0 Å². The summed E-state index contributed by atoms with van der Waals surface area (Å²) < 4.78 is 32.9. The number of hydrogen-bond donors (Lipinski definition) is 0. The van der Waals surface area contributed by atoms with Gasteiger partial charge in [-0.15, -0.1) is 0 Å². The molecule has 130 valence electrons. The molecule has 0 aliphatic carbocycles. The van der Waals surface area contributed by atoms with Crippen LogP contribution in [-0.2, 0) is 14.0 Å². The van der Waals surface area contributed by atoms with E-state index in [9.17, 15) is 9.18 Å². The lowest BCUT2D eigenvalue weighted by Gasteiger charge is -2.32. The Bertz CT molecular complexity index is 691. The Labute approximate surface area is 141 Å². The summed E-state index contributed by atoms with van der Waals surface area (Å²) in [5, 5.41) is 0. The number of ether oxygens (including phenoxy) is 1. The van der Waals surface area contributed by atoms with Crippen LogP contribution in [0.25, 0.3) is 6.08 Å². The topological polar surface area (TPSA) is 49.7 Å². The van der Waals surface area contributed by atoms with Gasteiger partial charge in [0.2, 0.25) is 0 Å². The van der Waals surface area contributed by atoms with Crippen LogP contribution in [0.15, 0.2) is 28.9 Å². The number of rotatable bonds is 3. The highest BCUT2D eigenvalue weighted by atomic mass is 19.1. The molecule has 0 radical (unpaired) electrons. The van der Waals surface area contributed by atoms with E-state index in [2.05, 4.69) is 0 Å². The average molecular weight is 335 g/mol. The minimum absolute atomic E-state index is 0.00533. The summed E-state index contributed by atoms with van der Waals surface area (Å²) in [5.41, 5.74) is -1.82. The van der Waals surface area contributed by atoms with Crippen LogP contribution >= 0.6 is 0 Å². The Morgan fingerprint density at radius 1 is 1.33 bits per heavy atom. The lowest BCUT2D eigenvalue weighted by atomic mass is 9.87. The van der Waals surface area contributed by atoms with Gasteiger partial charge in [-0.2, -0.15) is 0 Å². The van der Waals surface area contributed by atoms with E-state index >= 15 is 0 Å². The number of halogens is 1. The highest BCUT2D eigenvalue weighted by Gasteiger charge is 2.53. The van der Waals surface area contributed by atoms with Crippen LogP contribution < -0.4 is 5.56 Å². The fraction of sp³-hybridized carbons (Fsp3) is 0.588. The van der Waals surface area contributed by atoms with Crippen molar-refractivity contribution < 1.29 is 18.4 Å². The lowest BCUT2D eigenvalue weighted by molar-refractivity contribution is 0.00578. The van der Waals surface area contributed by atoms with Gasteiger partial charge in [-0.05, 0) is 52.3 Å². The summed E-state index contributed by atoms with van der Waals surface area (Å²) in [6.07, 6.45) is 3.70. The molecule has 0 spiro atoms. The maximum absolute atomic E-state index is 14.6. The van der Waals surface area contributed by atoms with Crippen LogP contribution in [0.4, 0.5) is 4.39 Å². The minimum Gasteiger partial charge on any atom is -0.398 e. The zero-order valence-corrected chi connectivity index (χ0v) is 14.5. The first-order valence-electron chi connectivity index (χ1n) is 8.23. The molecular weight excluding hydrogens is 312 g/mol. The van der Waals surface area contributed by atoms with Gasteiger partial charge in [-0.1, -0.05) is 0 Å². The second-order valence-corrected chi connectivity index (χ2v) is 7.31. The molecule has 3 heterocycles. The minimum atomic E-state index is -1.10. The molecule has 0 amide bonds. The Morgan fingerprint density at radius 2 is 2.00 bits per heavy atom. The zero-order chi connectivity index (χ0) is 17.5. The quantitative estimate of drug-likeness (QED) is 0.797. The van der Waals surface area contributed by atoms with Gasteiger partial charge in [0.25, 0.3) is 5.56 Å². The molecule has 2 aliphatic heterocycles. The van der Waals surface area contributed by atoms with Gasteiger partial charge in [-0.25, -0.2) is 4.39 Å². The van der Waals surface area contributed by atoms with E-state index in [0.29, 0.717) is 13.2 Å². The molecule has 1 aromatic rings. The van der Waals surface area contributed by atoms with E-state index < -0.39 is 24.0 Å². The summed E-state index contributed by atoms with van der Waals surface area (Å²) in [5.74, 6) is 0. The van der Waals surface area contributed by atoms with E-state index in [1.165, 1.54) is 6.08 Å². The van der Waals surface area contributed by atoms with Crippen molar-refractivity contribution in [1.29, 1.82) is 0 Å². The van der Waals surface area contributed by atoms with Crippen molar-refractivity contribution >= 4 is 13.2 Å². The van der Waals surface area contributed by atoms with Crippen molar-refractivity contribution in [2.45, 2.75) is 51.4 Å². The number of hydrogen-bond acceptors (Lipinski definition) is 4. The molecule has 5 nitrogen and oxygen atoms in total. The summed E-state index contributed by atoms with van der Waals surface area (Å²) in [6.45, 7) is 8.57. The van der Waals surface area contributed by atoms with Gasteiger partial charge >= 0.3 is 7.12 Å². The smallest absolute Gasteiger partial charge is 0.398 e. The predicted molar refractivity (Wildman–Crippen MR) is 90.3 cm³/mol. The third-order valence-electron chi connectivity index (χ3n) is 5.07. The molecule has 7 heteroatoms. The number of pyridine rings is 1. The lowest BCUT2D eigenvalue weighted by Crippen LogP contribution is -2.41. The van der Waals surface area contributed by atoms with Gasteiger partial charge in [0.05, 0.1) is 23.9 Å². The monoisotopic (exact) mass is 335 g/mol. The third-order valence-corrected chi connectivity index (χ3v) is 5.07. The van der Waals surface area contributed by atoms with Crippen molar-refractivity contribution in [3.8, 4) is 0 Å². The van der Waals surface area contributed by atoms with E-state index in [1.54, 1.807) is 22.9 Å². The molecule has 2 fully saturated rings. The van der Waals surface area contributed by atoms with Gasteiger partial charge in [0, 0.05) is 18.4 Å². The maximum Gasteiger partial charge on any atom is 0.525 e.